The van der Waals surface area contributed by atoms with Crippen molar-refractivity contribution in [2.75, 3.05) is 0 Å². The lowest BCUT2D eigenvalue weighted by molar-refractivity contribution is 0.575. The van der Waals surface area contributed by atoms with Crippen LogP contribution < -0.4 is 31.8 Å². The van der Waals surface area contributed by atoms with Gasteiger partial charge in [-0.15, -0.1) is 0 Å². The molecule has 4 nitrogen and oxygen atoms in total. The molecular formula is C48H34F4N2O2P2. The molecular weight excluding hydrogens is 774 g/mol. The zero-order chi connectivity index (χ0) is 40.6. The Bertz CT molecular complexity index is 2630. The van der Waals surface area contributed by atoms with Gasteiger partial charge in [0.05, 0.1) is 22.0 Å². The van der Waals surface area contributed by atoms with Crippen LogP contribution >= 0.6 is 14.3 Å². The molecule has 10 heteroatoms. The smallest absolute Gasteiger partial charge is 0.176 e. The third-order valence-corrected chi connectivity index (χ3v) is 16.3. The van der Waals surface area contributed by atoms with Gasteiger partial charge in [-0.2, -0.15) is 0 Å². The van der Waals surface area contributed by atoms with Gasteiger partial charge in [0, 0.05) is 44.7 Å². The molecule has 0 saturated carbocycles. The molecule has 0 unspecified atom stereocenters. The van der Waals surface area contributed by atoms with Crippen LogP contribution in [0.4, 0.5) is 17.6 Å². The van der Waals surface area contributed by atoms with Crippen LogP contribution in [-0.4, -0.2) is 9.97 Å². The van der Waals surface area contributed by atoms with Gasteiger partial charge in [-0.1, -0.05) is 121 Å². The molecule has 0 aliphatic heterocycles. The minimum Gasteiger partial charge on any atom is -0.308 e. The number of rotatable bonds is 9. The van der Waals surface area contributed by atoms with Crippen molar-refractivity contribution in [2.45, 2.75) is 13.8 Å². The number of hydrogen-bond acceptors (Lipinski definition) is 4. The van der Waals surface area contributed by atoms with Gasteiger partial charge in [0.25, 0.3) is 0 Å². The minimum absolute atomic E-state index is 0.00807. The summed E-state index contributed by atoms with van der Waals surface area (Å²) >= 11 is 0. The Hall–Kier alpha value is -6.20. The van der Waals surface area contributed by atoms with E-state index in [2.05, 4.69) is 9.97 Å². The van der Waals surface area contributed by atoms with E-state index in [1.54, 1.807) is 159 Å². The van der Waals surface area contributed by atoms with Crippen LogP contribution in [0.25, 0.3) is 33.6 Å². The lowest BCUT2D eigenvalue weighted by Crippen LogP contribution is -2.31. The summed E-state index contributed by atoms with van der Waals surface area (Å²) in [5.74, 6) is -4.83. The Morgan fingerprint density at radius 3 is 0.983 bits per heavy atom. The molecule has 0 amide bonds. The van der Waals surface area contributed by atoms with E-state index in [4.69, 9.17) is 0 Å². The van der Waals surface area contributed by atoms with Gasteiger partial charge < -0.3 is 9.13 Å². The number of halogens is 4. The van der Waals surface area contributed by atoms with E-state index in [0.29, 0.717) is 11.1 Å². The Morgan fingerprint density at radius 2 is 0.707 bits per heavy atom. The number of benzene rings is 6. The minimum atomic E-state index is -4.29. The van der Waals surface area contributed by atoms with Crippen LogP contribution in [0.3, 0.4) is 0 Å². The average molecular weight is 809 g/mol. The highest BCUT2D eigenvalue weighted by molar-refractivity contribution is 7.85. The second-order valence-corrected chi connectivity index (χ2v) is 19.3. The van der Waals surface area contributed by atoms with Crippen LogP contribution in [0.1, 0.15) is 11.1 Å². The summed E-state index contributed by atoms with van der Waals surface area (Å²) in [6.45, 7) is 3.51. The van der Waals surface area contributed by atoms with Gasteiger partial charge in [0.15, 0.2) is 14.3 Å². The molecule has 0 fully saturated rings. The van der Waals surface area contributed by atoms with E-state index in [0.717, 1.165) is 12.1 Å². The van der Waals surface area contributed by atoms with Gasteiger partial charge in [0.1, 0.15) is 23.3 Å². The normalized spacial score (nSPS) is 11.8. The molecule has 0 aliphatic rings. The van der Waals surface area contributed by atoms with Gasteiger partial charge in [-0.3, -0.25) is 9.97 Å². The van der Waals surface area contributed by atoms with E-state index in [1.165, 1.54) is 12.4 Å². The second-order valence-electron chi connectivity index (χ2n) is 13.9. The summed E-state index contributed by atoms with van der Waals surface area (Å²) in [6.07, 6.45) is 2.88. The maximum Gasteiger partial charge on any atom is 0.176 e. The number of aromatic nitrogens is 2. The lowest BCUT2D eigenvalue weighted by atomic mass is 9.90. The summed E-state index contributed by atoms with van der Waals surface area (Å²) in [4.78, 5) is 8.91. The molecule has 2 heterocycles. The van der Waals surface area contributed by atoms with Crippen molar-refractivity contribution < 1.29 is 26.7 Å². The summed E-state index contributed by atoms with van der Waals surface area (Å²) < 4.78 is 102. The van der Waals surface area contributed by atoms with Gasteiger partial charge in [0.2, 0.25) is 0 Å². The molecule has 2 aromatic heterocycles. The predicted octanol–water partition coefficient (Wildman–Crippen LogP) is 9.93. The Labute approximate surface area is 333 Å². The van der Waals surface area contributed by atoms with Crippen molar-refractivity contribution in [3.63, 3.8) is 0 Å². The monoisotopic (exact) mass is 808 g/mol. The van der Waals surface area contributed by atoms with E-state index in [9.17, 15) is 0 Å². The topological polar surface area (TPSA) is 59.9 Å². The first-order chi connectivity index (χ1) is 28.0. The van der Waals surface area contributed by atoms with Crippen molar-refractivity contribution in [2.24, 2.45) is 0 Å². The van der Waals surface area contributed by atoms with Crippen LogP contribution in [0.5, 0.6) is 0 Å². The van der Waals surface area contributed by atoms with Crippen molar-refractivity contribution >= 4 is 46.1 Å². The zero-order valence-electron chi connectivity index (χ0n) is 31.3. The molecule has 0 atom stereocenters. The summed E-state index contributed by atoms with van der Waals surface area (Å²) in [5, 5.41) is -0.705. The average Bonchev–Trinajstić information content (AvgIpc) is 3.24. The molecule has 6 aromatic carbocycles. The molecule has 0 saturated heterocycles. The van der Waals surface area contributed by atoms with Gasteiger partial charge >= 0.3 is 0 Å². The third kappa shape index (κ3) is 6.62. The molecule has 0 N–H and O–H groups in total. The van der Waals surface area contributed by atoms with Gasteiger partial charge in [-0.25, -0.2) is 17.6 Å². The van der Waals surface area contributed by atoms with Crippen LogP contribution in [0, 0.1) is 37.1 Å². The summed E-state index contributed by atoms with van der Waals surface area (Å²) in [5.41, 5.74) is 0.125. The third-order valence-electron chi connectivity index (χ3n) is 10.1. The molecule has 286 valence electrons. The number of pyridine rings is 2. The lowest BCUT2D eigenvalue weighted by Gasteiger charge is -2.26. The fourth-order valence-corrected chi connectivity index (χ4v) is 12.9. The van der Waals surface area contributed by atoms with Crippen LogP contribution in [-0.2, 0) is 9.13 Å². The van der Waals surface area contributed by atoms with Crippen molar-refractivity contribution in [1.29, 1.82) is 0 Å². The Morgan fingerprint density at radius 1 is 0.414 bits per heavy atom. The fourth-order valence-electron chi connectivity index (χ4n) is 7.43. The summed E-state index contributed by atoms with van der Waals surface area (Å²) in [7, 11) is -8.58. The first kappa shape index (κ1) is 38.7. The highest BCUT2D eigenvalue weighted by atomic mass is 31.2. The largest absolute Gasteiger partial charge is 0.308 e. The number of nitrogens with zero attached hydrogens (tertiary/aromatic N) is 2. The molecule has 58 heavy (non-hydrogen) atoms. The standard InChI is InChI=1S/C48H34F4N2O2P2/c1-31-23-25-53-41(27-31)43-37(29-39(49)47(45(43)51)57(55,33-15-7-3-8-16-33)34-17-9-4-10-18-34)38-30-40(50)48(46(52)44(38)42-28-32(2)24-26-54-42)58(56,35-19-11-5-12-20-35)36-21-13-6-14-22-36/h3-30H,1-2H3. The van der Waals surface area contributed by atoms with E-state index >= 15 is 26.7 Å². The van der Waals surface area contributed by atoms with Crippen molar-refractivity contribution in [1.82, 2.24) is 9.97 Å². The van der Waals surface area contributed by atoms with Crippen molar-refractivity contribution in [3.8, 4) is 33.6 Å². The quantitative estimate of drug-likeness (QED) is 0.108. The van der Waals surface area contributed by atoms with Crippen LogP contribution in [0.2, 0.25) is 0 Å². The Balaban J connectivity index is 1.52. The summed E-state index contributed by atoms with van der Waals surface area (Å²) in [6, 6.07) is 40.7. The molecule has 8 rings (SSSR count). The first-order valence-electron chi connectivity index (χ1n) is 18.4. The fraction of sp³-hybridized carbons (Fsp3) is 0.0417. The zero-order valence-corrected chi connectivity index (χ0v) is 33.1. The molecule has 0 spiro atoms. The van der Waals surface area contributed by atoms with E-state index in [-0.39, 0.29) is 54.9 Å². The second kappa shape index (κ2) is 15.6. The highest BCUT2D eigenvalue weighted by Gasteiger charge is 2.41. The first-order valence-corrected chi connectivity index (χ1v) is 21.8. The van der Waals surface area contributed by atoms with E-state index < -0.39 is 48.2 Å². The molecule has 0 bridgehead atoms. The molecule has 0 aliphatic carbocycles. The maximum atomic E-state index is 18.0. The van der Waals surface area contributed by atoms with E-state index in [1.807, 2.05) is 0 Å². The Kier molecular flexibility index (Phi) is 10.4. The van der Waals surface area contributed by atoms with Gasteiger partial charge in [-0.05, 0) is 72.5 Å². The SMILES string of the molecule is Cc1ccnc(-c2c(-c3cc(F)c(P(=O)(c4ccccc4)c4ccccc4)c(F)c3-c3cc(C)ccn3)cc(F)c(P(=O)(c3ccccc3)c3ccccc3)c2F)c1. The predicted molar refractivity (Wildman–Crippen MR) is 226 cm³/mol. The number of hydrogen-bond donors (Lipinski definition) is 0. The molecule has 0 radical (unpaired) electrons. The highest BCUT2D eigenvalue weighted by Crippen LogP contribution is 2.50. The van der Waals surface area contributed by atoms with Crippen LogP contribution in [0.15, 0.2) is 170 Å². The number of aryl methyl sites for hydroxylation is 2. The van der Waals surface area contributed by atoms with Crippen molar-refractivity contribution in [3.05, 3.63) is 205 Å². The maximum absolute atomic E-state index is 18.0. The molecule has 8 aromatic rings.